The second-order valence-corrected chi connectivity index (χ2v) is 8.50. The number of carbonyl (C=O) groups is 1. The van der Waals surface area contributed by atoms with E-state index in [2.05, 4.69) is 11.4 Å². The highest BCUT2D eigenvalue weighted by molar-refractivity contribution is 6.08. The van der Waals surface area contributed by atoms with E-state index in [1.165, 1.54) is 35.4 Å². The zero-order chi connectivity index (χ0) is 23.8. The van der Waals surface area contributed by atoms with Crippen LogP contribution in [0.5, 0.6) is 11.5 Å². The topological polar surface area (TPSA) is 99.8 Å². The Morgan fingerprint density at radius 1 is 1.00 bits per heavy atom. The molecule has 4 aromatic rings. The van der Waals surface area contributed by atoms with Gasteiger partial charge >= 0.3 is 5.63 Å². The average Bonchev–Trinajstić information content (AvgIpc) is 3.27. The Hall–Kier alpha value is -4.32. The fourth-order valence-electron chi connectivity index (χ4n) is 4.50. The summed E-state index contributed by atoms with van der Waals surface area (Å²) in [7, 11) is 0. The number of rotatable bonds is 4. The summed E-state index contributed by atoms with van der Waals surface area (Å²) in [6, 6.07) is 16.0. The molecule has 6 heteroatoms. The lowest BCUT2D eigenvalue weighted by atomic mass is 9.94. The minimum atomic E-state index is -0.618. The summed E-state index contributed by atoms with van der Waals surface area (Å²) in [6.07, 6.45) is 5.75. The molecule has 1 aliphatic carbocycles. The van der Waals surface area contributed by atoms with E-state index in [9.17, 15) is 19.8 Å². The van der Waals surface area contributed by atoms with Crippen LogP contribution in [0.4, 0.5) is 5.69 Å². The molecule has 0 radical (unpaired) electrons. The van der Waals surface area contributed by atoms with E-state index < -0.39 is 11.5 Å². The van der Waals surface area contributed by atoms with Crippen LogP contribution in [-0.4, -0.2) is 16.1 Å². The van der Waals surface area contributed by atoms with Crippen molar-refractivity contribution in [3.8, 4) is 22.6 Å². The minimum absolute atomic E-state index is 0.0861. The predicted molar refractivity (Wildman–Crippen MR) is 132 cm³/mol. The molecule has 170 valence electrons. The van der Waals surface area contributed by atoms with Gasteiger partial charge in [0.2, 0.25) is 5.91 Å². The van der Waals surface area contributed by atoms with Crippen molar-refractivity contribution in [2.45, 2.75) is 26.2 Å². The van der Waals surface area contributed by atoms with Crippen molar-refractivity contribution < 1.29 is 19.4 Å². The highest BCUT2D eigenvalue weighted by Crippen LogP contribution is 2.38. The van der Waals surface area contributed by atoms with E-state index in [1.54, 1.807) is 6.07 Å². The van der Waals surface area contributed by atoms with E-state index >= 15 is 0 Å². The van der Waals surface area contributed by atoms with Crippen LogP contribution in [0.2, 0.25) is 0 Å². The van der Waals surface area contributed by atoms with Crippen molar-refractivity contribution in [3.63, 3.8) is 0 Å². The lowest BCUT2D eigenvalue weighted by molar-refractivity contribution is -0.111. The van der Waals surface area contributed by atoms with E-state index in [0.29, 0.717) is 16.7 Å². The molecule has 0 aliphatic heterocycles. The number of nitrogens with one attached hydrogen (secondary N) is 1. The fourth-order valence-corrected chi connectivity index (χ4v) is 4.50. The van der Waals surface area contributed by atoms with Crippen LogP contribution in [0.3, 0.4) is 0 Å². The Morgan fingerprint density at radius 3 is 2.53 bits per heavy atom. The highest BCUT2D eigenvalue weighted by Gasteiger charge is 2.22. The molecule has 0 saturated heterocycles. The molecular weight excluding hydrogens is 430 g/mol. The van der Waals surface area contributed by atoms with Crippen molar-refractivity contribution >= 4 is 28.6 Å². The van der Waals surface area contributed by atoms with E-state index in [1.807, 2.05) is 37.3 Å². The van der Waals surface area contributed by atoms with Crippen molar-refractivity contribution in [1.82, 2.24) is 0 Å². The van der Waals surface area contributed by atoms with Crippen LogP contribution in [0, 0.1) is 6.92 Å². The number of carbonyl (C=O) groups excluding carboxylic acids is 1. The SMILES string of the molecule is Cc1ccccc1-c1c(NC(=O)/C=C/c2ccc(O)c(O)c2)c(=O)oc2cc3c(cc12)CCC3. The molecule has 1 aromatic heterocycles. The number of hydrogen-bond acceptors (Lipinski definition) is 5. The Balaban J connectivity index is 1.61. The molecule has 34 heavy (non-hydrogen) atoms. The van der Waals surface area contributed by atoms with Crippen molar-refractivity contribution in [3.05, 3.63) is 93.3 Å². The normalized spacial score (nSPS) is 12.9. The van der Waals surface area contributed by atoms with Crippen LogP contribution in [0.25, 0.3) is 28.2 Å². The van der Waals surface area contributed by atoms with Gasteiger partial charge in [0.25, 0.3) is 0 Å². The fraction of sp³-hybridized carbons (Fsp3) is 0.143. The van der Waals surface area contributed by atoms with Gasteiger partial charge in [-0.05, 0) is 84.3 Å². The lowest BCUT2D eigenvalue weighted by Gasteiger charge is -2.15. The summed E-state index contributed by atoms with van der Waals surface area (Å²) in [5.41, 5.74) is 5.40. The second kappa shape index (κ2) is 8.56. The molecule has 0 saturated carbocycles. The summed E-state index contributed by atoms with van der Waals surface area (Å²) in [4.78, 5) is 25.9. The molecule has 1 aliphatic rings. The number of anilines is 1. The van der Waals surface area contributed by atoms with E-state index in [4.69, 9.17) is 4.42 Å². The molecule has 0 fully saturated rings. The van der Waals surface area contributed by atoms with Crippen LogP contribution in [0.15, 0.2) is 69.9 Å². The van der Waals surface area contributed by atoms with Gasteiger partial charge < -0.3 is 19.9 Å². The molecule has 0 atom stereocenters. The van der Waals surface area contributed by atoms with E-state index in [0.717, 1.165) is 35.8 Å². The molecule has 3 aromatic carbocycles. The number of amides is 1. The first-order chi connectivity index (χ1) is 16.4. The highest BCUT2D eigenvalue weighted by atomic mass is 16.4. The molecular formula is C28H23NO5. The zero-order valence-electron chi connectivity index (χ0n) is 18.6. The van der Waals surface area contributed by atoms with Gasteiger partial charge in [0.15, 0.2) is 11.5 Å². The molecule has 0 spiro atoms. The Labute approximate surface area is 195 Å². The summed E-state index contributed by atoms with van der Waals surface area (Å²) in [5, 5.41) is 22.6. The Kier molecular flexibility index (Phi) is 5.42. The smallest absolute Gasteiger partial charge is 0.360 e. The number of benzene rings is 3. The van der Waals surface area contributed by atoms with Crippen molar-refractivity contribution in [1.29, 1.82) is 0 Å². The molecule has 6 nitrogen and oxygen atoms in total. The maximum atomic E-state index is 13.1. The lowest BCUT2D eigenvalue weighted by Crippen LogP contribution is -2.17. The van der Waals surface area contributed by atoms with Gasteiger partial charge in [-0.25, -0.2) is 4.79 Å². The number of hydrogen-bond donors (Lipinski definition) is 3. The number of aromatic hydroxyl groups is 2. The van der Waals surface area contributed by atoms with Crippen molar-refractivity contribution in [2.24, 2.45) is 0 Å². The number of phenols is 2. The third-order valence-corrected chi connectivity index (χ3v) is 6.21. The molecule has 1 heterocycles. The van der Waals surface area contributed by atoms with Gasteiger partial charge in [-0.2, -0.15) is 0 Å². The van der Waals surface area contributed by atoms with Gasteiger partial charge in [0, 0.05) is 17.0 Å². The predicted octanol–water partition coefficient (Wildman–Crippen LogP) is 5.32. The second-order valence-electron chi connectivity index (χ2n) is 8.50. The van der Waals surface area contributed by atoms with Crippen molar-refractivity contribution in [2.75, 3.05) is 5.32 Å². The molecule has 0 bridgehead atoms. The Morgan fingerprint density at radius 2 is 1.76 bits per heavy atom. The molecule has 1 amide bonds. The van der Waals surface area contributed by atoms with Gasteiger partial charge in [-0.3, -0.25) is 4.79 Å². The molecule has 5 rings (SSSR count). The largest absolute Gasteiger partial charge is 0.504 e. The summed E-state index contributed by atoms with van der Waals surface area (Å²) in [5.74, 6) is -1.05. The first-order valence-corrected chi connectivity index (χ1v) is 11.1. The van der Waals surface area contributed by atoms with Gasteiger partial charge in [0.1, 0.15) is 11.3 Å². The maximum Gasteiger partial charge on any atom is 0.360 e. The summed E-state index contributed by atoms with van der Waals surface area (Å²) >= 11 is 0. The average molecular weight is 453 g/mol. The van der Waals surface area contributed by atoms with Gasteiger partial charge in [-0.15, -0.1) is 0 Å². The van der Waals surface area contributed by atoms with Crippen LogP contribution in [0.1, 0.15) is 28.7 Å². The quantitative estimate of drug-likeness (QED) is 0.221. The summed E-state index contributed by atoms with van der Waals surface area (Å²) in [6.45, 7) is 1.96. The third kappa shape index (κ3) is 3.94. The van der Waals surface area contributed by atoms with Crippen LogP contribution in [-0.2, 0) is 17.6 Å². The number of fused-ring (bicyclic) bond motifs is 2. The minimum Gasteiger partial charge on any atom is -0.504 e. The van der Waals surface area contributed by atoms with Crippen LogP contribution < -0.4 is 10.9 Å². The first-order valence-electron chi connectivity index (χ1n) is 11.1. The monoisotopic (exact) mass is 453 g/mol. The maximum absolute atomic E-state index is 13.1. The number of aryl methyl sites for hydroxylation is 3. The molecule has 3 N–H and O–H groups in total. The number of phenolic OH excluding ortho intramolecular Hbond substituents is 2. The summed E-state index contributed by atoms with van der Waals surface area (Å²) < 4.78 is 5.66. The third-order valence-electron chi connectivity index (χ3n) is 6.21. The standard InChI is InChI=1S/C28H23NO5/c1-16-5-2-3-8-20(16)26-21-14-18-6-4-7-19(18)15-24(21)34-28(33)27(26)29-25(32)12-10-17-9-11-22(30)23(31)13-17/h2-3,5,8-15,30-31H,4,6-7H2,1H3,(H,29,32)/b12-10+. The van der Waals surface area contributed by atoms with Gasteiger partial charge in [0.05, 0.1) is 0 Å². The Bertz CT molecular complexity index is 1530. The van der Waals surface area contributed by atoms with Gasteiger partial charge in [-0.1, -0.05) is 30.3 Å². The van der Waals surface area contributed by atoms with E-state index in [-0.39, 0.29) is 17.2 Å². The zero-order valence-corrected chi connectivity index (χ0v) is 18.6. The van der Waals surface area contributed by atoms with Crippen LogP contribution >= 0.6 is 0 Å². The first kappa shape index (κ1) is 21.5. The molecule has 0 unspecified atom stereocenters.